The Balaban J connectivity index is 1.87. The van der Waals surface area contributed by atoms with E-state index in [1.54, 1.807) is 0 Å². The maximum absolute atomic E-state index is 11.5. The molecule has 32 heavy (non-hydrogen) atoms. The maximum atomic E-state index is 11.5. The third kappa shape index (κ3) is 5.31. The van der Waals surface area contributed by atoms with Crippen molar-refractivity contribution in [1.29, 1.82) is 0 Å². The molecule has 2 atom stereocenters. The summed E-state index contributed by atoms with van der Waals surface area (Å²) in [6, 6.07) is 4.10. The second-order valence-corrected chi connectivity index (χ2v) is 10.7. The van der Waals surface area contributed by atoms with Gasteiger partial charge in [-0.1, -0.05) is 52.5 Å². The van der Waals surface area contributed by atoms with E-state index in [-0.39, 0.29) is 36.0 Å². The van der Waals surface area contributed by atoms with Gasteiger partial charge in [-0.2, -0.15) is 0 Å². The molecule has 3 N–H and O–H groups in total. The molecule has 3 rings (SSSR count). The molecule has 1 aromatic rings. The van der Waals surface area contributed by atoms with Gasteiger partial charge in [-0.3, -0.25) is 4.79 Å². The Bertz CT molecular complexity index is 855. The molecule has 2 aliphatic rings. The highest BCUT2D eigenvalue weighted by atomic mass is 16.5. The van der Waals surface area contributed by atoms with Crippen LogP contribution in [0, 0.1) is 5.92 Å². The van der Waals surface area contributed by atoms with Gasteiger partial charge in [0.1, 0.15) is 23.7 Å². The zero-order valence-electron chi connectivity index (χ0n) is 20.5. The molecule has 0 radical (unpaired) electrons. The van der Waals surface area contributed by atoms with E-state index in [9.17, 15) is 9.90 Å². The molecule has 0 aromatic heterocycles. The molecule has 1 heterocycles. The fourth-order valence-electron chi connectivity index (χ4n) is 5.34. The van der Waals surface area contributed by atoms with Crippen LogP contribution in [0.15, 0.2) is 23.8 Å². The molecule has 0 spiro atoms. The summed E-state index contributed by atoms with van der Waals surface area (Å²) in [4.78, 5) is 11.5. The molecule has 0 bridgehead atoms. The van der Waals surface area contributed by atoms with E-state index >= 15 is 0 Å². The lowest BCUT2D eigenvalue weighted by Crippen LogP contribution is -2.45. The van der Waals surface area contributed by atoms with Crippen molar-refractivity contribution in [1.82, 2.24) is 0 Å². The second-order valence-electron chi connectivity index (χ2n) is 10.7. The average Bonchev–Trinajstić information content (AvgIpc) is 2.74. The van der Waals surface area contributed by atoms with Gasteiger partial charge in [-0.05, 0) is 61.8 Å². The molecule has 5 nitrogen and oxygen atoms in total. The topological polar surface area (TPSA) is 81.8 Å². The third-order valence-corrected chi connectivity index (χ3v) is 7.41. The van der Waals surface area contributed by atoms with Crippen molar-refractivity contribution in [2.45, 2.75) is 96.5 Å². The number of allylic oxidation sites excluding steroid dienone is 1. The first-order valence-corrected chi connectivity index (χ1v) is 12.2. The number of carbonyl (C=O) groups excluding carboxylic acids is 1. The minimum atomic E-state index is -0.394. The summed E-state index contributed by atoms with van der Waals surface area (Å²) in [6.45, 7) is 11.2. The monoisotopic (exact) mass is 443 g/mol. The van der Waals surface area contributed by atoms with Gasteiger partial charge in [0.2, 0.25) is 0 Å². The van der Waals surface area contributed by atoms with Crippen molar-refractivity contribution in [3.8, 4) is 11.5 Å². The number of carbonyl (C=O) groups is 1. The van der Waals surface area contributed by atoms with Crippen LogP contribution in [-0.4, -0.2) is 29.8 Å². The molecular formula is C27H41NO4. The predicted octanol–water partition coefficient (Wildman–Crippen LogP) is 5.73. The molecule has 1 aliphatic heterocycles. The fourth-order valence-corrected chi connectivity index (χ4v) is 5.34. The van der Waals surface area contributed by atoms with Crippen LogP contribution in [0.5, 0.6) is 11.5 Å². The summed E-state index contributed by atoms with van der Waals surface area (Å²) < 4.78 is 11.8. The Morgan fingerprint density at radius 1 is 1.28 bits per heavy atom. The number of rotatable bonds is 9. The number of hydrogen-bond donors (Lipinski definition) is 2. The van der Waals surface area contributed by atoms with Gasteiger partial charge in [0.15, 0.2) is 0 Å². The number of esters is 1. The van der Waals surface area contributed by atoms with Crippen LogP contribution >= 0.6 is 0 Å². The molecule has 0 unspecified atom stereocenters. The van der Waals surface area contributed by atoms with E-state index in [1.165, 1.54) is 25.7 Å². The maximum Gasteiger partial charge on any atom is 0.320 e. The summed E-state index contributed by atoms with van der Waals surface area (Å²) in [5.41, 5.74) is 8.10. The predicted molar refractivity (Wildman–Crippen MR) is 128 cm³/mol. The van der Waals surface area contributed by atoms with Crippen molar-refractivity contribution >= 4 is 5.97 Å². The minimum Gasteiger partial charge on any atom is -0.508 e. The lowest BCUT2D eigenvalue weighted by atomic mass is 9.66. The summed E-state index contributed by atoms with van der Waals surface area (Å²) in [5, 5.41) is 11.2. The van der Waals surface area contributed by atoms with Crippen LogP contribution in [0.1, 0.15) is 96.6 Å². The van der Waals surface area contributed by atoms with Gasteiger partial charge in [0.25, 0.3) is 0 Å². The number of nitrogens with two attached hydrogens (primary N) is 1. The van der Waals surface area contributed by atoms with Gasteiger partial charge in [0.05, 0.1) is 6.54 Å². The van der Waals surface area contributed by atoms with Crippen LogP contribution in [0.25, 0.3) is 0 Å². The smallest absolute Gasteiger partial charge is 0.320 e. The fraction of sp³-hybridized carbons (Fsp3) is 0.667. The largest absolute Gasteiger partial charge is 0.508 e. The van der Waals surface area contributed by atoms with E-state index < -0.39 is 5.97 Å². The van der Waals surface area contributed by atoms with Crippen LogP contribution < -0.4 is 10.5 Å². The second kappa shape index (κ2) is 9.86. The SMILES string of the molecule is CCCCCCC(C)(C)c1cc(O)c2c(c1)OC(C)(C)[C@H]1CC=C(COC(=O)CN)C[C@H]21. The summed E-state index contributed by atoms with van der Waals surface area (Å²) in [6.07, 6.45) is 9.74. The molecule has 0 saturated heterocycles. The number of ether oxygens (including phenoxy) is 2. The molecule has 1 aromatic carbocycles. The first-order valence-electron chi connectivity index (χ1n) is 12.2. The zero-order valence-corrected chi connectivity index (χ0v) is 20.5. The highest BCUT2D eigenvalue weighted by Crippen LogP contribution is 2.55. The van der Waals surface area contributed by atoms with Crippen LogP contribution in [0.4, 0.5) is 0 Å². The van der Waals surface area contributed by atoms with E-state index in [0.717, 1.165) is 41.7 Å². The standard InChI is InChI=1S/C27H41NO4/c1-6-7-8-9-12-26(2,3)19-14-22(29)25-20-13-18(17-31-24(30)16-28)10-11-21(20)27(4,5)32-23(25)15-19/h10,14-15,20-21,29H,6-9,11-13,16-17,28H2,1-5H3/t20-,21-/m0/s1. The first-order chi connectivity index (χ1) is 15.1. The number of phenolic OH excluding ortho intramolecular Hbond substituents is 1. The number of benzene rings is 1. The first kappa shape index (κ1) is 24.6. The lowest BCUT2D eigenvalue weighted by molar-refractivity contribution is -0.141. The molecule has 178 valence electrons. The van der Waals surface area contributed by atoms with Crippen molar-refractivity contribution in [2.75, 3.05) is 13.2 Å². The molecule has 0 amide bonds. The van der Waals surface area contributed by atoms with Gasteiger partial charge < -0.3 is 20.3 Å². The average molecular weight is 444 g/mol. The number of aromatic hydroxyl groups is 1. The van der Waals surface area contributed by atoms with Crippen LogP contribution in [0.2, 0.25) is 0 Å². The van der Waals surface area contributed by atoms with E-state index in [2.05, 4.69) is 46.8 Å². The highest BCUT2D eigenvalue weighted by molar-refractivity contribution is 5.71. The zero-order chi connectivity index (χ0) is 23.5. The number of unbranched alkanes of at least 4 members (excludes halogenated alkanes) is 3. The van der Waals surface area contributed by atoms with Gasteiger partial charge in [-0.15, -0.1) is 0 Å². The van der Waals surface area contributed by atoms with Gasteiger partial charge in [-0.25, -0.2) is 0 Å². The Hall–Kier alpha value is -2.01. The van der Waals surface area contributed by atoms with E-state index in [4.69, 9.17) is 15.2 Å². The van der Waals surface area contributed by atoms with Gasteiger partial charge >= 0.3 is 5.97 Å². The quantitative estimate of drug-likeness (QED) is 0.289. The van der Waals surface area contributed by atoms with Crippen molar-refractivity contribution in [3.05, 3.63) is 34.9 Å². The molecule has 0 saturated carbocycles. The Kier molecular flexibility index (Phi) is 7.59. The Morgan fingerprint density at radius 2 is 2.03 bits per heavy atom. The number of fused-ring (bicyclic) bond motifs is 3. The lowest BCUT2D eigenvalue weighted by Gasteiger charge is -2.47. The Morgan fingerprint density at radius 3 is 2.72 bits per heavy atom. The number of hydrogen-bond acceptors (Lipinski definition) is 5. The minimum absolute atomic E-state index is 0.0291. The highest BCUT2D eigenvalue weighted by Gasteiger charge is 2.46. The number of phenols is 1. The van der Waals surface area contributed by atoms with E-state index in [0.29, 0.717) is 5.75 Å². The van der Waals surface area contributed by atoms with Crippen molar-refractivity contribution < 1.29 is 19.4 Å². The molecule has 1 aliphatic carbocycles. The molecule has 5 heteroatoms. The Labute approximate surface area is 193 Å². The van der Waals surface area contributed by atoms with Crippen LogP contribution in [0.3, 0.4) is 0 Å². The summed E-state index contributed by atoms with van der Waals surface area (Å²) in [7, 11) is 0. The van der Waals surface area contributed by atoms with E-state index in [1.807, 2.05) is 6.07 Å². The normalized spacial score (nSPS) is 21.8. The molecular weight excluding hydrogens is 402 g/mol. The van der Waals surface area contributed by atoms with Crippen LogP contribution in [-0.2, 0) is 14.9 Å². The third-order valence-electron chi connectivity index (χ3n) is 7.41. The molecule has 0 fully saturated rings. The van der Waals surface area contributed by atoms with Crippen molar-refractivity contribution in [3.63, 3.8) is 0 Å². The van der Waals surface area contributed by atoms with Crippen molar-refractivity contribution in [2.24, 2.45) is 11.7 Å². The summed E-state index contributed by atoms with van der Waals surface area (Å²) in [5.74, 6) is 1.11. The summed E-state index contributed by atoms with van der Waals surface area (Å²) >= 11 is 0. The van der Waals surface area contributed by atoms with Gasteiger partial charge in [0, 0.05) is 17.4 Å².